The highest BCUT2D eigenvalue weighted by atomic mass is 16.7. The summed E-state index contributed by atoms with van der Waals surface area (Å²) < 4.78 is 26.7. The second kappa shape index (κ2) is 16.3. The number of benzene rings is 2. The fourth-order valence-electron chi connectivity index (χ4n) is 7.69. The van der Waals surface area contributed by atoms with Crippen molar-refractivity contribution in [3.63, 3.8) is 0 Å². The Morgan fingerprint density at radius 2 is 0.792 bits per heavy atom. The number of fused-ring (bicyclic) bond motifs is 1. The summed E-state index contributed by atoms with van der Waals surface area (Å²) >= 11 is 0. The first-order valence-corrected chi connectivity index (χ1v) is 19.9. The van der Waals surface area contributed by atoms with Gasteiger partial charge in [0.15, 0.2) is 0 Å². The van der Waals surface area contributed by atoms with Crippen molar-refractivity contribution in [3.05, 3.63) is 35.4 Å². The second-order valence-electron chi connectivity index (χ2n) is 17.3. The van der Waals surface area contributed by atoms with Gasteiger partial charge in [-0.25, -0.2) is 0 Å². The molecule has 2 heterocycles. The van der Waals surface area contributed by atoms with Gasteiger partial charge in [0.25, 0.3) is 0 Å². The summed E-state index contributed by atoms with van der Waals surface area (Å²) in [5, 5.41) is 2.70. The molecule has 4 rings (SSSR count). The zero-order valence-electron chi connectivity index (χ0n) is 33.2. The predicted molar refractivity (Wildman–Crippen MR) is 208 cm³/mol. The van der Waals surface area contributed by atoms with Crippen LogP contribution in [0.3, 0.4) is 0 Å². The number of hydrogen-bond donors (Lipinski definition) is 0. The highest BCUT2D eigenvalue weighted by Crippen LogP contribution is 2.39. The molecule has 48 heavy (non-hydrogen) atoms. The molecule has 0 aliphatic carbocycles. The summed E-state index contributed by atoms with van der Waals surface area (Å²) in [6.07, 6.45) is 17.4. The van der Waals surface area contributed by atoms with Gasteiger partial charge >= 0.3 is 14.2 Å². The predicted octanol–water partition coefficient (Wildman–Crippen LogP) is 10.5. The molecule has 0 N–H and O–H groups in total. The van der Waals surface area contributed by atoms with Gasteiger partial charge in [-0.3, -0.25) is 0 Å². The van der Waals surface area contributed by atoms with Crippen molar-refractivity contribution in [1.29, 1.82) is 0 Å². The highest BCUT2D eigenvalue weighted by Gasteiger charge is 2.53. The Hall–Kier alpha value is -1.33. The van der Waals surface area contributed by atoms with Crippen molar-refractivity contribution in [3.8, 4) is 0 Å². The van der Waals surface area contributed by atoms with Crippen LogP contribution in [-0.2, 0) is 31.5 Å². The molecule has 2 aliphatic heterocycles. The van der Waals surface area contributed by atoms with Crippen LogP contribution in [0.5, 0.6) is 0 Å². The van der Waals surface area contributed by atoms with Gasteiger partial charge in [-0.2, -0.15) is 0 Å². The Balaban J connectivity index is 1.85. The molecule has 0 spiro atoms. The standard InChI is InChI=1S/C42H70B2O4/c1-13-17-21-31(19-15-3)23-25-33-27-35(43-45-39(5,6)40(7,8)46-43)30-38-34(26-24-32(20-16-4)22-18-14-2)28-36(29-37(33)38)44-47-41(9,10)42(11,12)48-44/h27-32H,13-26H2,1-12H3. The first kappa shape index (κ1) is 39.5. The van der Waals surface area contributed by atoms with E-state index in [1.165, 1.54) is 98.9 Å². The molecule has 2 aromatic carbocycles. The molecule has 0 bridgehead atoms. The van der Waals surface area contributed by atoms with Crippen LogP contribution in [0.4, 0.5) is 0 Å². The molecule has 6 heteroatoms. The minimum absolute atomic E-state index is 0.377. The van der Waals surface area contributed by atoms with E-state index in [1.807, 2.05) is 0 Å². The van der Waals surface area contributed by atoms with Crippen molar-refractivity contribution in [1.82, 2.24) is 0 Å². The van der Waals surface area contributed by atoms with Crippen molar-refractivity contribution in [2.75, 3.05) is 0 Å². The number of aryl methyl sites for hydroxylation is 2. The third-order valence-electron chi connectivity index (χ3n) is 12.3. The van der Waals surface area contributed by atoms with Crippen molar-refractivity contribution in [2.24, 2.45) is 11.8 Å². The first-order chi connectivity index (χ1) is 22.6. The third-order valence-corrected chi connectivity index (χ3v) is 12.3. The molecule has 2 atom stereocenters. The van der Waals surface area contributed by atoms with E-state index in [0.717, 1.165) is 35.6 Å². The van der Waals surface area contributed by atoms with E-state index < -0.39 is 0 Å². The summed E-state index contributed by atoms with van der Waals surface area (Å²) in [5.74, 6) is 1.51. The molecule has 268 valence electrons. The van der Waals surface area contributed by atoms with Crippen LogP contribution >= 0.6 is 0 Å². The Labute approximate surface area is 296 Å². The van der Waals surface area contributed by atoms with Crippen LogP contribution in [0, 0.1) is 11.8 Å². The maximum Gasteiger partial charge on any atom is 0.494 e. The Bertz CT molecular complexity index is 1200. The van der Waals surface area contributed by atoms with Crippen LogP contribution < -0.4 is 10.9 Å². The van der Waals surface area contributed by atoms with E-state index in [0.29, 0.717) is 0 Å². The SMILES string of the molecule is CCCCC(CCC)CCc1cc(B2OC(C)(C)C(C)(C)O2)cc2c(CCC(CCC)CCCC)cc(B3OC(C)(C)C(C)(C)O3)cc12. The van der Waals surface area contributed by atoms with Gasteiger partial charge in [-0.15, -0.1) is 0 Å². The Morgan fingerprint density at radius 1 is 0.458 bits per heavy atom. The zero-order valence-corrected chi connectivity index (χ0v) is 33.2. The fourth-order valence-corrected chi connectivity index (χ4v) is 7.69. The summed E-state index contributed by atoms with van der Waals surface area (Å²) in [4.78, 5) is 0. The van der Waals surface area contributed by atoms with Crippen molar-refractivity contribution < 1.29 is 18.6 Å². The van der Waals surface area contributed by atoms with Crippen LogP contribution in [0.25, 0.3) is 10.8 Å². The maximum absolute atomic E-state index is 6.67. The average Bonchev–Trinajstić information content (AvgIpc) is 3.38. The van der Waals surface area contributed by atoms with E-state index in [9.17, 15) is 0 Å². The van der Waals surface area contributed by atoms with Gasteiger partial charge in [0.1, 0.15) is 0 Å². The van der Waals surface area contributed by atoms with Gasteiger partial charge in [0.2, 0.25) is 0 Å². The minimum Gasteiger partial charge on any atom is -0.399 e. The van der Waals surface area contributed by atoms with E-state index in [4.69, 9.17) is 18.6 Å². The van der Waals surface area contributed by atoms with Crippen LogP contribution in [0.1, 0.15) is 171 Å². The molecule has 0 saturated carbocycles. The van der Waals surface area contributed by atoms with Crippen LogP contribution in [0.2, 0.25) is 0 Å². The average molecular weight is 661 g/mol. The van der Waals surface area contributed by atoms with E-state index in [2.05, 4.69) is 107 Å². The van der Waals surface area contributed by atoms with Crippen LogP contribution in [0.15, 0.2) is 24.3 Å². The summed E-state index contributed by atoms with van der Waals surface area (Å²) in [7, 11) is -0.754. The third kappa shape index (κ3) is 9.12. The first-order valence-electron chi connectivity index (χ1n) is 19.9. The largest absolute Gasteiger partial charge is 0.494 e. The maximum atomic E-state index is 6.67. The van der Waals surface area contributed by atoms with Crippen molar-refractivity contribution in [2.45, 2.75) is 195 Å². The van der Waals surface area contributed by atoms with Crippen LogP contribution in [-0.4, -0.2) is 36.6 Å². The zero-order chi connectivity index (χ0) is 35.3. The summed E-state index contributed by atoms with van der Waals surface area (Å²) in [6.45, 7) is 26.6. The quantitative estimate of drug-likeness (QED) is 0.149. The topological polar surface area (TPSA) is 36.9 Å². The molecular weight excluding hydrogens is 590 g/mol. The summed E-state index contributed by atoms with van der Waals surface area (Å²) in [5.41, 5.74) is 3.60. The lowest BCUT2D eigenvalue weighted by Crippen LogP contribution is -2.41. The van der Waals surface area contributed by atoms with E-state index >= 15 is 0 Å². The number of rotatable bonds is 18. The molecular formula is C42H70B2O4. The normalized spacial score (nSPS) is 20.9. The van der Waals surface area contributed by atoms with Gasteiger partial charge in [-0.05, 0) is 126 Å². The van der Waals surface area contributed by atoms with E-state index in [-0.39, 0.29) is 36.6 Å². The molecule has 4 nitrogen and oxygen atoms in total. The smallest absolute Gasteiger partial charge is 0.399 e. The molecule has 0 radical (unpaired) electrons. The fraction of sp³-hybridized carbons (Fsp3) is 0.762. The monoisotopic (exact) mass is 661 g/mol. The Kier molecular flexibility index (Phi) is 13.4. The van der Waals surface area contributed by atoms with Gasteiger partial charge in [0.05, 0.1) is 22.4 Å². The molecule has 2 saturated heterocycles. The molecule has 2 aromatic rings. The summed E-state index contributed by atoms with van der Waals surface area (Å²) in [6, 6.07) is 9.61. The van der Waals surface area contributed by atoms with Gasteiger partial charge in [-0.1, -0.05) is 116 Å². The lowest BCUT2D eigenvalue weighted by Gasteiger charge is -2.32. The lowest BCUT2D eigenvalue weighted by molar-refractivity contribution is 0.00578. The highest BCUT2D eigenvalue weighted by molar-refractivity contribution is 6.63. The van der Waals surface area contributed by atoms with E-state index in [1.54, 1.807) is 0 Å². The van der Waals surface area contributed by atoms with Crippen molar-refractivity contribution >= 4 is 35.9 Å². The number of unbranched alkanes of at least 4 members (excludes halogenated alkanes) is 2. The molecule has 2 unspecified atom stereocenters. The Morgan fingerprint density at radius 3 is 1.08 bits per heavy atom. The van der Waals surface area contributed by atoms with Gasteiger partial charge in [0, 0.05) is 0 Å². The number of hydrogen-bond acceptors (Lipinski definition) is 4. The molecule has 0 aromatic heterocycles. The molecule has 2 aliphatic rings. The lowest BCUT2D eigenvalue weighted by atomic mass is 9.72. The second-order valence-corrected chi connectivity index (χ2v) is 17.3. The van der Waals surface area contributed by atoms with Gasteiger partial charge < -0.3 is 18.6 Å². The molecule has 0 amide bonds. The molecule has 2 fully saturated rings. The minimum atomic E-state index is -0.380.